The van der Waals surface area contributed by atoms with E-state index in [1.165, 1.54) is 10.4 Å². The summed E-state index contributed by atoms with van der Waals surface area (Å²) in [5.74, 6) is 0.0444. The van der Waals surface area contributed by atoms with E-state index in [1.807, 2.05) is 18.4 Å². The van der Waals surface area contributed by atoms with Gasteiger partial charge in [-0.15, -0.1) is 11.3 Å². The van der Waals surface area contributed by atoms with Gasteiger partial charge in [-0.3, -0.25) is 9.59 Å². The molecule has 2 heterocycles. The number of carbonyl (C=O) groups excluding carboxylic acids is 2. The van der Waals surface area contributed by atoms with Gasteiger partial charge in [-0.25, -0.2) is 0 Å². The van der Waals surface area contributed by atoms with E-state index in [9.17, 15) is 9.59 Å². The van der Waals surface area contributed by atoms with Crippen molar-refractivity contribution in [1.82, 2.24) is 10.2 Å². The Hall–Kier alpha value is -1.36. The molecule has 2 rings (SSSR count). The van der Waals surface area contributed by atoms with E-state index < -0.39 is 0 Å². The highest BCUT2D eigenvalue weighted by Crippen LogP contribution is 2.15. The minimum Gasteiger partial charge on any atom is -0.350 e. The number of rotatable bonds is 4. The molecule has 0 aliphatic carbocycles. The summed E-state index contributed by atoms with van der Waals surface area (Å²) in [6.07, 6.45) is 3.62. The van der Waals surface area contributed by atoms with Crippen molar-refractivity contribution in [2.45, 2.75) is 39.2 Å². The SMILES string of the molecule is Cc1ccsc1CNC(=O)CN1CCCCCC1=O. The van der Waals surface area contributed by atoms with Crippen LogP contribution in [0.25, 0.3) is 0 Å². The molecule has 0 atom stereocenters. The Morgan fingerprint density at radius 1 is 1.42 bits per heavy atom. The van der Waals surface area contributed by atoms with E-state index in [2.05, 4.69) is 5.32 Å². The summed E-state index contributed by atoms with van der Waals surface area (Å²) in [5, 5.41) is 4.91. The molecular weight excluding hydrogens is 260 g/mol. The highest BCUT2D eigenvalue weighted by molar-refractivity contribution is 7.10. The van der Waals surface area contributed by atoms with Crippen molar-refractivity contribution in [3.8, 4) is 0 Å². The fraction of sp³-hybridized carbons (Fsp3) is 0.571. The molecule has 1 aromatic heterocycles. The molecule has 1 fully saturated rings. The molecule has 1 aliphatic rings. The van der Waals surface area contributed by atoms with Gasteiger partial charge in [0.2, 0.25) is 11.8 Å². The summed E-state index contributed by atoms with van der Waals surface area (Å²) in [6, 6.07) is 2.05. The zero-order valence-electron chi connectivity index (χ0n) is 11.3. The van der Waals surface area contributed by atoms with Crippen molar-refractivity contribution in [3.63, 3.8) is 0 Å². The average Bonchev–Trinajstić information content (AvgIpc) is 2.69. The molecule has 0 saturated carbocycles. The van der Waals surface area contributed by atoms with E-state index in [0.717, 1.165) is 19.3 Å². The molecule has 4 nitrogen and oxygen atoms in total. The first-order chi connectivity index (χ1) is 9.16. The minimum atomic E-state index is -0.0666. The number of nitrogens with zero attached hydrogens (tertiary/aromatic N) is 1. The molecule has 5 heteroatoms. The van der Waals surface area contributed by atoms with Crippen LogP contribution in [0.5, 0.6) is 0 Å². The maximum atomic E-state index is 11.9. The van der Waals surface area contributed by atoms with E-state index >= 15 is 0 Å². The van der Waals surface area contributed by atoms with Crippen LogP contribution in [0.4, 0.5) is 0 Å². The standard InChI is InChI=1S/C14H20N2O2S/c1-11-6-8-19-12(11)9-15-13(17)10-16-7-4-2-3-5-14(16)18/h6,8H,2-5,7,9-10H2,1H3,(H,15,17). The summed E-state index contributed by atoms with van der Waals surface area (Å²) in [6.45, 7) is 3.51. The van der Waals surface area contributed by atoms with Gasteiger partial charge in [-0.05, 0) is 36.8 Å². The number of hydrogen-bond acceptors (Lipinski definition) is 3. The van der Waals surface area contributed by atoms with Gasteiger partial charge in [0, 0.05) is 17.8 Å². The Morgan fingerprint density at radius 2 is 2.26 bits per heavy atom. The number of carbonyl (C=O) groups is 2. The lowest BCUT2D eigenvalue weighted by molar-refractivity contribution is -0.135. The normalized spacial score (nSPS) is 16.3. The van der Waals surface area contributed by atoms with Gasteiger partial charge >= 0.3 is 0 Å². The molecule has 0 aromatic carbocycles. The highest BCUT2D eigenvalue weighted by Gasteiger charge is 2.19. The predicted octanol–water partition coefficient (Wildman–Crippen LogP) is 2.08. The van der Waals surface area contributed by atoms with Crippen molar-refractivity contribution >= 4 is 23.2 Å². The summed E-state index contributed by atoms with van der Waals surface area (Å²) in [5.41, 5.74) is 1.20. The highest BCUT2D eigenvalue weighted by atomic mass is 32.1. The van der Waals surface area contributed by atoms with E-state index in [1.54, 1.807) is 16.2 Å². The first-order valence-corrected chi connectivity index (χ1v) is 7.62. The molecule has 1 saturated heterocycles. The third-order valence-electron chi connectivity index (χ3n) is 3.42. The van der Waals surface area contributed by atoms with Crippen LogP contribution < -0.4 is 5.32 Å². The second-order valence-corrected chi connectivity index (χ2v) is 5.93. The molecule has 104 valence electrons. The van der Waals surface area contributed by atoms with Crippen LogP contribution in [0.2, 0.25) is 0 Å². The largest absolute Gasteiger partial charge is 0.350 e. The smallest absolute Gasteiger partial charge is 0.239 e. The van der Waals surface area contributed by atoms with Gasteiger partial charge < -0.3 is 10.2 Å². The van der Waals surface area contributed by atoms with Crippen LogP contribution >= 0.6 is 11.3 Å². The quantitative estimate of drug-likeness (QED) is 0.918. The Labute approximate surface area is 117 Å². The Balaban J connectivity index is 1.80. The Kier molecular flexibility index (Phi) is 4.96. The predicted molar refractivity (Wildman–Crippen MR) is 76.0 cm³/mol. The monoisotopic (exact) mass is 280 g/mol. The van der Waals surface area contributed by atoms with Crippen molar-refractivity contribution in [3.05, 3.63) is 21.9 Å². The van der Waals surface area contributed by atoms with Crippen LogP contribution in [-0.2, 0) is 16.1 Å². The number of aryl methyl sites for hydroxylation is 1. The summed E-state index contributed by atoms with van der Waals surface area (Å²) < 4.78 is 0. The van der Waals surface area contributed by atoms with Crippen molar-refractivity contribution in [1.29, 1.82) is 0 Å². The Morgan fingerprint density at radius 3 is 3.00 bits per heavy atom. The number of hydrogen-bond donors (Lipinski definition) is 1. The van der Waals surface area contributed by atoms with Gasteiger partial charge in [0.1, 0.15) is 0 Å². The second kappa shape index (κ2) is 6.70. The van der Waals surface area contributed by atoms with Crippen LogP contribution in [0.3, 0.4) is 0 Å². The van der Waals surface area contributed by atoms with E-state index in [0.29, 0.717) is 19.5 Å². The molecule has 1 N–H and O–H groups in total. The van der Waals surface area contributed by atoms with Gasteiger partial charge in [0.25, 0.3) is 0 Å². The van der Waals surface area contributed by atoms with Crippen LogP contribution in [-0.4, -0.2) is 29.8 Å². The van der Waals surface area contributed by atoms with Gasteiger partial charge in [0.15, 0.2) is 0 Å². The molecule has 0 radical (unpaired) electrons. The minimum absolute atomic E-state index is 0.0666. The summed E-state index contributed by atoms with van der Waals surface area (Å²) in [4.78, 5) is 26.5. The van der Waals surface area contributed by atoms with Gasteiger partial charge in [-0.1, -0.05) is 6.42 Å². The third-order valence-corrected chi connectivity index (χ3v) is 4.44. The lowest BCUT2D eigenvalue weighted by Crippen LogP contribution is -2.40. The molecule has 0 spiro atoms. The molecule has 0 bridgehead atoms. The fourth-order valence-electron chi connectivity index (χ4n) is 2.20. The average molecular weight is 280 g/mol. The lowest BCUT2D eigenvalue weighted by Gasteiger charge is -2.19. The number of likely N-dealkylation sites (tertiary alicyclic amines) is 1. The molecule has 2 amide bonds. The Bertz CT molecular complexity index is 456. The lowest BCUT2D eigenvalue weighted by atomic mass is 10.2. The number of nitrogens with one attached hydrogen (secondary N) is 1. The number of thiophene rings is 1. The van der Waals surface area contributed by atoms with Gasteiger partial charge in [0.05, 0.1) is 13.1 Å². The maximum absolute atomic E-state index is 11.9. The van der Waals surface area contributed by atoms with Crippen LogP contribution in [0.15, 0.2) is 11.4 Å². The maximum Gasteiger partial charge on any atom is 0.239 e. The van der Waals surface area contributed by atoms with Crippen molar-refractivity contribution in [2.24, 2.45) is 0 Å². The third kappa shape index (κ3) is 4.06. The molecule has 0 unspecified atom stereocenters. The zero-order chi connectivity index (χ0) is 13.7. The fourth-order valence-corrected chi connectivity index (χ4v) is 3.04. The first kappa shape index (κ1) is 14.1. The van der Waals surface area contributed by atoms with Crippen LogP contribution in [0.1, 0.15) is 36.1 Å². The zero-order valence-corrected chi connectivity index (χ0v) is 12.1. The molecular formula is C14H20N2O2S. The van der Waals surface area contributed by atoms with E-state index in [-0.39, 0.29) is 18.4 Å². The van der Waals surface area contributed by atoms with Crippen LogP contribution in [0, 0.1) is 6.92 Å². The van der Waals surface area contributed by atoms with Crippen molar-refractivity contribution in [2.75, 3.05) is 13.1 Å². The number of amides is 2. The topological polar surface area (TPSA) is 49.4 Å². The molecule has 1 aliphatic heterocycles. The van der Waals surface area contributed by atoms with Gasteiger partial charge in [-0.2, -0.15) is 0 Å². The summed E-state index contributed by atoms with van der Waals surface area (Å²) >= 11 is 1.65. The second-order valence-electron chi connectivity index (χ2n) is 4.93. The van der Waals surface area contributed by atoms with E-state index in [4.69, 9.17) is 0 Å². The first-order valence-electron chi connectivity index (χ1n) is 6.74. The van der Waals surface area contributed by atoms with Crippen molar-refractivity contribution < 1.29 is 9.59 Å². The summed E-state index contributed by atoms with van der Waals surface area (Å²) in [7, 11) is 0. The molecule has 1 aromatic rings. The molecule has 19 heavy (non-hydrogen) atoms.